The lowest BCUT2D eigenvalue weighted by Gasteiger charge is -2.17. The molecule has 2 aliphatic rings. The van der Waals surface area contributed by atoms with Crippen molar-refractivity contribution < 1.29 is 9.59 Å². The Balaban J connectivity index is 1.35. The van der Waals surface area contributed by atoms with Gasteiger partial charge in [-0.05, 0) is 42.2 Å². The van der Waals surface area contributed by atoms with Crippen LogP contribution in [0, 0.1) is 11.8 Å². The highest BCUT2D eigenvalue weighted by molar-refractivity contribution is 6.02. The van der Waals surface area contributed by atoms with Crippen LogP contribution in [0.1, 0.15) is 17.5 Å². The molecule has 2 amide bonds. The Morgan fingerprint density at radius 3 is 2.75 bits per heavy atom. The van der Waals surface area contributed by atoms with E-state index in [1.54, 1.807) is 12.4 Å². The number of pyridine rings is 1. The molecule has 1 fully saturated rings. The molecule has 5 nitrogen and oxygen atoms in total. The minimum absolute atomic E-state index is 0.0300. The summed E-state index contributed by atoms with van der Waals surface area (Å²) >= 11 is 0. The van der Waals surface area contributed by atoms with Crippen LogP contribution in [0.15, 0.2) is 48.8 Å². The Bertz CT molecular complexity index is 775. The molecule has 1 aliphatic heterocycles. The molecule has 0 bridgehead atoms. The first-order valence-corrected chi connectivity index (χ1v) is 8.30. The second-order valence-electron chi connectivity index (χ2n) is 6.39. The van der Waals surface area contributed by atoms with Gasteiger partial charge in [-0.25, -0.2) is 0 Å². The van der Waals surface area contributed by atoms with Gasteiger partial charge in [-0.2, -0.15) is 0 Å². The number of carbonyl (C=O) groups is 2. The summed E-state index contributed by atoms with van der Waals surface area (Å²) in [6, 6.07) is 11.7. The molecular formula is C19H19N3O2. The zero-order valence-electron chi connectivity index (χ0n) is 13.3. The summed E-state index contributed by atoms with van der Waals surface area (Å²) in [4.78, 5) is 30.8. The van der Waals surface area contributed by atoms with E-state index in [0.717, 1.165) is 24.2 Å². The quantitative estimate of drug-likeness (QED) is 0.936. The van der Waals surface area contributed by atoms with Crippen molar-refractivity contribution in [1.82, 2.24) is 10.3 Å². The van der Waals surface area contributed by atoms with Gasteiger partial charge >= 0.3 is 0 Å². The van der Waals surface area contributed by atoms with Crippen molar-refractivity contribution in [3.63, 3.8) is 0 Å². The molecule has 2 aromatic rings. The molecule has 0 radical (unpaired) electrons. The maximum atomic E-state index is 12.7. The number of rotatable bonds is 4. The second kappa shape index (κ2) is 6.07. The van der Waals surface area contributed by atoms with Gasteiger partial charge in [0.05, 0.1) is 11.8 Å². The van der Waals surface area contributed by atoms with Gasteiger partial charge in [-0.15, -0.1) is 0 Å². The molecule has 1 aromatic heterocycles. The molecule has 4 rings (SSSR count). The van der Waals surface area contributed by atoms with Gasteiger partial charge in [0.1, 0.15) is 0 Å². The summed E-state index contributed by atoms with van der Waals surface area (Å²) in [7, 11) is 0. The topological polar surface area (TPSA) is 62.3 Å². The number of amides is 2. The van der Waals surface area contributed by atoms with Gasteiger partial charge in [-0.1, -0.05) is 18.2 Å². The summed E-state index contributed by atoms with van der Waals surface area (Å²) in [6.45, 7) is 1.20. The fourth-order valence-corrected chi connectivity index (χ4v) is 3.35. The number of aromatic nitrogens is 1. The Morgan fingerprint density at radius 2 is 1.92 bits per heavy atom. The lowest BCUT2D eigenvalue weighted by molar-refractivity contribution is -0.126. The van der Waals surface area contributed by atoms with E-state index < -0.39 is 0 Å². The summed E-state index contributed by atoms with van der Waals surface area (Å²) in [5, 5.41) is 2.92. The lowest BCUT2D eigenvalue weighted by Crippen LogP contribution is -2.33. The van der Waals surface area contributed by atoms with Crippen LogP contribution >= 0.6 is 0 Å². The highest BCUT2D eigenvalue weighted by atomic mass is 16.2. The van der Waals surface area contributed by atoms with E-state index in [0.29, 0.717) is 13.0 Å². The summed E-state index contributed by atoms with van der Waals surface area (Å²) in [5.41, 5.74) is 3.23. The number of para-hydroxylation sites is 1. The van der Waals surface area contributed by atoms with Crippen molar-refractivity contribution in [1.29, 1.82) is 0 Å². The van der Waals surface area contributed by atoms with Crippen molar-refractivity contribution in [3.05, 3.63) is 59.9 Å². The molecule has 122 valence electrons. The molecule has 2 atom stereocenters. The zero-order chi connectivity index (χ0) is 16.5. The lowest BCUT2D eigenvalue weighted by atomic mass is 10.2. The number of carbonyl (C=O) groups excluding carboxylic acids is 2. The fraction of sp³-hybridized carbons (Fsp3) is 0.316. The number of anilines is 1. The first-order valence-electron chi connectivity index (χ1n) is 8.30. The average molecular weight is 321 g/mol. The van der Waals surface area contributed by atoms with Crippen molar-refractivity contribution in [2.24, 2.45) is 11.8 Å². The monoisotopic (exact) mass is 321 g/mol. The third-order valence-electron chi connectivity index (χ3n) is 4.81. The first-order chi connectivity index (χ1) is 11.7. The minimum atomic E-state index is -0.188. The molecule has 0 spiro atoms. The Labute approximate surface area is 140 Å². The zero-order valence-corrected chi connectivity index (χ0v) is 13.3. The Hall–Kier alpha value is -2.69. The number of benzene rings is 1. The maximum Gasteiger partial charge on any atom is 0.230 e. The van der Waals surface area contributed by atoms with Crippen LogP contribution < -0.4 is 10.2 Å². The Morgan fingerprint density at radius 1 is 1.12 bits per heavy atom. The van der Waals surface area contributed by atoms with Crippen molar-refractivity contribution in [2.75, 3.05) is 11.4 Å². The van der Waals surface area contributed by atoms with Crippen molar-refractivity contribution >= 4 is 17.5 Å². The molecule has 5 heteroatoms. The number of hydrogen-bond donors (Lipinski definition) is 1. The number of nitrogens with one attached hydrogen (secondary N) is 1. The van der Waals surface area contributed by atoms with Crippen molar-refractivity contribution in [3.8, 4) is 0 Å². The SMILES string of the molecule is O=C(NCc1ccncc1)C1CC1C(=O)N1CCc2ccccc21. The highest BCUT2D eigenvalue weighted by Gasteiger charge is 2.50. The van der Waals surface area contributed by atoms with Crippen LogP contribution in [-0.2, 0) is 22.6 Å². The normalized spacial score (nSPS) is 21.2. The van der Waals surface area contributed by atoms with E-state index in [9.17, 15) is 9.59 Å². The van der Waals surface area contributed by atoms with E-state index in [1.165, 1.54) is 5.56 Å². The second-order valence-corrected chi connectivity index (χ2v) is 6.39. The molecule has 1 N–H and O–H groups in total. The molecular weight excluding hydrogens is 302 g/mol. The van der Waals surface area contributed by atoms with Crippen LogP contribution in [0.3, 0.4) is 0 Å². The first kappa shape index (κ1) is 14.9. The average Bonchev–Trinajstić information content (AvgIpc) is 3.32. The smallest absolute Gasteiger partial charge is 0.230 e. The van der Waals surface area contributed by atoms with E-state index >= 15 is 0 Å². The summed E-state index contributed by atoms with van der Waals surface area (Å²) < 4.78 is 0. The van der Waals surface area contributed by atoms with Gasteiger partial charge < -0.3 is 10.2 Å². The van der Waals surface area contributed by atoms with Crippen LogP contribution in [0.2, 0.25) is 0 Å². The Kier molecular flexibility index (Phi) is 3.76. The predicted octanol–water partition coefficient (Wildman–Crippen LogP) is 1.92. The third kappa shape index (κ3) is 2.77. The summed E-state index contributed by atoms with van der Waals surface area (Å²) in [6.07, 6.45) is 4.96. The predicted molar refractivity (Wildman–Crippen MR) is 90.2 cm³/mol. The van der Waals surface area contributed by atoms with Crippen molar-refractivity contribution in [2.45, 2.75) is 19.4 Å². The van der Waals surface area contributed by atoms with Crippen LogP contribution in [-0.4, -0.2) is 23.3 Å². The van der Waals surface area contributed by atoms with E-state index in [4.69, 9.17) is 0 Å². The largest absolute Gasteiger partial charge is 0.352 e. The molecule has 2 unspecified atom stereocenters. The van der Waals surface area contributed by atoms with Gasteiger partial charge in [0.25, 0.3) is 0 Å². The van der Waals surface area contributed by atoms with E-state index in [-0.39, 0.29) is 23.7 Å². The molecule has 1 saturated carbocycles. The third-order valence-corrected chi connectivity index (χ3v) is 4.81. The standard InChI is InChI=1S/C19H19N3O2/c23-18(21-12-13-5-8-20-9-6-13)15-11-16(15)19(24)22-10-7-14-3-1-2-4-17(14)22/h1-6,8-9,15-16H,7,10-12H2,(H,21,23). The number of hydrogen-bond acceptors (Lipinski definition) is 3. The minimum Gasteiger partial charge on any atom is -0.352 e. The molecule has 24 heavy (non-hydrogen) atoms. The van der Waals surface area contributed by atoms with E-state index in [2.05, 4.69) is 16.4 Å². The molecule has 0 saturated heterocycles. The van der Waals surface area contributed by atoms with Gasteiger partial charge in [0.15, 0.2) is 0 Å². The van der Waals surface area contributed by atoms with Gasteiger partial charge in [0.2, 0.25) is 11.8 Å². The molecule has 1 aromatic carbocycles. The highest BCUT2D eigenvalue weighted by Crippen LogP contribution is 2.42. The number of nitrogens with zero attached hydrogens (tertiary/aromatic N) is 2. The molecule has 1 aliphatic carbocycles. The van der Waals surface area contributed by atoms with Crippen LogP contribution in [0.4, 0.5) is 5.69 Å². The molecule has 2 heterocycles. The van der Waals surface area contributed by atoms with Gasteiger partial charge in [-0.3, -0.25) is 14.6 Å². The fourth-order valence-electron chi connectivity index (χ4n) is 3.35. The number of fused-ring (bicyclic) bond motifs is 1. The maximum absolute atomic E-state index is 12.7. The summed E-state index contributed by atoms with van der Waals surface area (Å²) in [5.74, 6) is -0.303. The van der Waals surface area contributed by atoms with Crippen LogP contribution in [0.25, 0.3) is 0 Å². The van der Waals surface area contributed by atoms with Crippen LogP contribution in [0.5, 0.6) is 0 Å². The van der Waals surface area contributed by atoms with E-state index in [1.807, 2.05) is 35.2 Å². The van der Waals surface area contributed by atoms with Gasteiger partial charge in [0, 0.05) is 31.2 Å².